The van der Waals surface area contributed by atoms with Crippen molar-refractivity contribution in [3.8, 4) is 10.7 Å². The summed E-state index contributed by atoms with van der Waals surface area (Å²) in [5, 5.41) is 16.2. The molecule has 1 fully saturated rings. The second-order valence-corrected chi connectivity index (χ2v) is 6.39. The van der Waals surface area contributed by atoms with Crippen molar-refractivity contribution in [2.75, 3.05) is 30.4 Å². The lowest BCUT2D eigenvalue weighted by Crippen LogP contribution is -2.23. The normalized spacial score (nSPS) is 16.4. The first-order valence-corrected chi connectivity index (χ1v) is 8.28. The van der Waals surface area contributed by atoms with Crippen LogP contribution in [0.4, 0.5) is 10.3 Å². The van der Waals surface area contributed by atoms with E-state index in [0.29, 0.717) is 0 Å². The highest BCUT2D eigenvalue weighted by molar-refractivity contribution is 7.19. The third kappa shape index (κ3) is 2.87. The first-order valence-electron chi connectivity index (χ1n) is 6.59. The Morgan fingerprint density at radius 1 is 1.16 bits per heavy atom. The molecular formula is C12H17N5S2. The molecule has 19 heavy (non-hydrogen) atoms. The van der Waals surface area contributed by atoms with Crippen LogP contribution in [0.5, 0.6) is 0 Å². The molecule has 1 N–H and O–H groups in total. The quantitative estimate of drug-likeness (QED) is 0.943. The number of nitrogens with one attached hydrogen (secondary N) is 1. The van der Waals surface area contributed by atoms with Gasteiger partial charge in [0.05, 0.1) is 0 Å². The maximum atomic E-state index is 4.72. The summed E-state index contributed by atoms with van der Waals surface area (Å²) in [5.41, 5.74) is 0.947. The molecule has 2 aromatic rings. The van der Waals surface area contributed by atoms with Crippen molar-refractivity contribution in [1.29, 1.82) is 0 Å². The summed E-state index contributed by atoms with van der Waals surface area (Å²) in [6.07, 6.45) is 5.24. The molecule has 1 aliphatic rings. The molecule has 0 amide bonds. The van der Waals surface area contributed by atoms with Crippen LogP contribution in [0.2, 0.25) is 0 Å². The van der Waals surface area contributed by atoms with Crippen molar-refractivity contribution in [2.45, 2.75) is 25.7 Å². The maximum absolute atomic E-state index is 4.72. The molecule has 0 saturated carbocycles. The van der Waals surface area contributed by atoms with Crippen LogP contribution in [-0.4, -0.2) is 35.3 Å². The smallest absolute Gasteiger partial charge is 0.205 e. The average Bonchev–Trinajstić information content (AvgIpc) is 3.02. The van der Waals surface area contributed by atoms with Gasteiger partial charge in [-0.15, -0.1) is 21.5 Å². The second-order valence-electron chi connectivity index (χ2n) is 4.58. The van der Waals surface area contributed by atoms with E-state index in [1.807, 2.05) is 7.05 Å². The van der Waals surface area contributed by atoms with Crippen LogP contribution in [0.1, 0.15) is 25.7 Å². The summed E-state index contributed by atoms with van der Waals surface area (Å²) < 4.78 is 0. The van der Waals surface area contributed by atoms with Crippen LogP contribution in [0.25, 0.3) is 10.7 Å². The van der Waals surface area contributed by atoms with Gasteiger partial charge in [0, 0.05) is 25.5 Å². The number of anilines is 2. The van der Waals surface area contributed by atoms with E-state index < -0.39 is 0 Å². The van der Waals surface area contributed by atoms with E-state index in [9.17, 15) is 0 Å². The van der Waals surface area contributed by atoms with E-state index in [0.717, 1.165) is 34.1 Å². The van der Waals surface area contributed by atoms with E-state index in [2.05, 4.69) is 25.8 Å². The van der Waals surface area contributed by atoms with Crippen molar-refractivity contribution < 1.29 is 0 Å². The molecule has 0 atom stereocenters. The van der Waals surface area contributed by atoms with E-state index in [4.69, 9.17) is 4.98 Å². The van der Waals surface area contributed by atoms with Gasteiger partial charge in [-0.3, -0.25) is 0 Å². The molecule has 2 aromatic heterocycles. The predicted molar refractivity (Wildman–Crippen MR) is 81.2 cm³/mol. The van der Waals surface area contributed by atoms with Crippen molar-refractivity contribution in [3.05, 3.63) is 5.38 Å². The van der Waals surface area contributed by atoms with Crippen LogP contribution in [0.3, 0.4) is 0 Å². The minimum atomic E-state index is 0.833. The van der Waals surface area contributed by atoms with Gasteiger partial charge < -0.3 is 10.2 Å². The third-order valence-corrected chi connectivity index (χ3v) is 5.09. The lowest BCUT2D eigenvalue weighted by molar-refractivity contribution is 0.726. The van der Waals surface area contributed by atoms with Gasteiger partial charge in [-0.05, 0) is 12.8 Å². The molecule has 7 heteroatoms. The van der Waals surface area contributed by atoms with E-state index in [-0.39, 0.29) is 0 Å². The summed E-state index contributed by atoms with van der Waals surface area (Å²) in [6, 6.07) is 0. The molecule has 0 radical (unpaired) electrons. The van der Waals surface area contributed by atoms with Gasteiger partial charge in [-0.1, -0.05) is 24.2 Å². The zero-order valence-electron chi connectivity index (χ0n) is 10.9. The summed E-state index contributed by atoms with van der Waals surface area (Å²) in [4.78, 5) is 7.12. The minimum Gasteiger partial charge on any atom is -0.363 e. The van der Waals surface area contributed by atoms with Gasteiger partial charge in [0.2, 0.25) is 5.13 Å². The first kappa shape index (κ1) is 12.8. The lowest BCUT2D eigenvalue weighted by atomic mass is 10.2. The highest BCUT2D eigenvalue weighted by Crippen LogP contribution is 2.31. The highest BCUT2D eigenvalue weighted by atomic mass is 32.1. The van der Waals surface area contributed by atoms with Crippen molar-refractivity contribution in [2.24, 2.45) is 0 Å². The summed E-state index contributed by atoms with van der Waals surface area (Å²) in [6.45, 7) is 2.26. The number of aromatic nitrogens is 3. The van der Waals surface area contributed by atoms with Gasteiger partial charge in [0.1, 0.15) is 5.69 Å². The molecule has 102 valence electrons. The van der Waals surface area contributed by atoms with Crippen molar-refractivity contribution in [1.82, 2.24) is 15.2 Å². The number of nitrogens with zero attached hydrogens (tertiary/aromatic N) is 4. The van der Waals surface area contributed by atoms with Gasteiger partial charge in [0.15, 0.2) is 10.1 Å². The maximum Gasteiger partial charge on any atom is 0.205 e. The minimum absolute atomic E-state index is 0.833. The fourth-order valence-corrected chi connectivity index (χ4v) is 3.79. The molecule has 3 rings (SSSR count). The van der Waals surface area contributed by atoms with E-state index >= 15 is 0 Å². The summed E-state index contributed by atoms with van der Waals surface area (Å²) in [7, 11) is 1.86. The van der Waals surface area contributed by atoms with Crippen LogP contribution in [-0.2, 0) is 0 Å². The molecule has 1 saturated heterocycles. The monoisotopic (exact) mass is 295 g/mol. The number of hydrogen-bond donors (Lipinski definition) is 1. The standard InChI is InChI=1S/C12H17N5S2/c1-13-11-16-15-10(19-11)9-8-18-12(14-9)17-6-4-2-3-5-7-17/h8H,2-7H2,1H3,(H,13,16). The topological polar surface area (TPSA) is 53.9 Å². The zero-order valence-corrected chi connectivity index (χ0v) is 12.6. The van der Waals surface area contributed by atoms with Crippen molar-refractivity contribution >= 4 is 32.9 Å². The average molecular weight is 295 g/mol. The molecule has 0 aliphatic carbocycles. The van der Waals surface area contributed by atoms with E-state index in [1.54, 1.807) is 22.7 Å². The van der Waals surface area contributed by atoms with Crippen LogP contribution in [0.15, 0.2) is 5.38 Å². The van der Waals surface area contributed by atoms with Crippen LogP contribution >= 0.6 is 22.7 Å². The fraction of sp³-hybridized carbons (Fsp3) is 0.583. The molecule has 0 bridgehead atoms. The van der Waals surface area contributed by atoms with Gasteiger partial charge >= 0.3 is 0 Å². The summed E-state index contributed by atoms with van der Waals surface area (Å²) in [5.74, 6) is 0. The van der Waals surface area contributed by atoms with Gasteiger partial charge in [-0.2, -0.15) is 0 Å². The van der Waals surface area contributed by atoms with Crippen LogP contribution in [0, 0.1) is 0 Å². The lowest BCUT2D eigenvalue weighted by Gasteiger charge is -2.18. The summed E-state index contributed by atoms with van der Waals surface area (Å²) >= 11 is 3.25. The first-order chi connectivity index (χ1) is 9.36. The Morgan fingerprint density at radius 3 is 2.63 bits per heavy atom. The van der Waals surface area contributed by atoms with Crippen molar-refractivity contribution in [3.63, 3.8) is 0 Å². The Morgan fingerprint density at radius 2 is 1.95 bits per heavy atom. The Kier molecular flexibility index (Phi) is 3.93. The molecular weight excluding hydrogens is 278 g/mol. The zero-order chi connectivity index (χ0) is 13.1. The molecule has 1 aliphatic heterocycles. The SMILES string of the molecule is CNc1nnc(-c2csc(N3CCCCCC3)n2)s1. The fourth-order valence-electron chi connectivity index (χ4n) is 2.20. The highest BCUT2D eigenvalue weighted by Gasteiger charge is 2.15. The molecule has 0 spiro atoms. The molecule has 0 unspecified atom stereocenters. The predicted octanol–water partition coefficient (Wildman–Crippen LogP) is 3.08. The Hall–Kier alpha value is -1.21. The second kappa shape index (κ2) is 5.83. The Labute approximate surface area is 120 Å². The largest absolute Gasteiger partial charge is 0.363 e. The molecule has 0 aromatic carbocycles. The Balaban J connectivity index is 1.78. The third-order valence-electron chi connectivity index (χ3n) is 3.23. The van der Waals surface area contributed by atoms with Crippen LogP contribution < -0.4 is 10.2 Å². The number of rotatable bonds is 3. The van der Waals surface area contributed by atoms with E-state index in [1.165, 1.54) is 25.7 Å². The molecule has 3 heterocycles. The molecule has 5 nitrogen and oxygen atoms in total. The Bertz CT molecular complexity index is 528. The van der Waals surface area contributed by atoms with Gasteiger partial charge in [0.25, 0.3) is 0 Å². The van der Waals surface area contributed by atoms with Gasteiger partial charge in [-0.25, -0.2) is 4.98 Å². The number of thiazole rings is 1. The number of hydrogen-bond acceptors (Lipinski definition) is 7.